The van der Waals surface area contributed by atoms with E-state index in [-0.39, 0.29) is 16.6 Å². The molecule has 1 aliphatic heterocycles. The first-order valence-corrected chi connectivity index (χ1v) is 23.9. The van der Waals surface area contributed by atoms with Gasteiger partial charge >= 0.3 is 211 Å². The van der Waals surface area contributed by atoms with E-state index < -0.39 is 38.1 Å². The third-order valence-corrected chi connectivity index (χ3v) is 30.5. The SMILES string of the molecule is CCC[CH2][Sn]([CH2]CCC)([CH2]CCC)[C]1=CC(=O)N(C(=O)OC(C)(C)C)[C@H]1[Si](C)(C)C(C)(C)C. The molecule has 192 valence electrons. The third-order valence-electron chi connectivity index (χ3n) is 7.92. The zero-order valence-electron chi connectivity index (χ0n) is 23.7. The van der Waals surface area contributed by atoms with Gasteiger partial charge in [-0.1, -0.05) is 0 Å². The molecule has 1 rings (SSSR count). The molecule has 0 aromatic heterocycles. The van der Waals surface area contributed by atoms with Gasteiger partial charge in [0.2, 0.25) is 0 Å². The number of hydrogen-bond acceptors (Lipinski definition) is 3. The van der Waals surface area contributed by atoms with Crippen LogP contribution in [0.4, 0.5) is 4.79 Å². The molecule has 1 aliphatic rings. The van der Waals surface area contributed by atoms with Gasteiger partial charge in [-0.3, -0.25) is 0 Å². The fourth-order valence-corrected chi connectivity index (χ4v) is 29.4. The first-order valence-electron chi connectivity index (χ1n) is 13.4. The van der Waals surface area contributed by atoms with Gasteiger partial charge in [-0.2, -0.15) is 0 Å². The van der Waals surface area contributed by atoms with Crippen LogP contribution in [-0.2, 0) is 9.53 Å². The molecule has 0 bridgehead atoms. The van der Waals surface area contributed by atoms with Crippen LogP contribution < -0.4 is 0 Å². The van der Waals surface area contributed by atoms with Crippen molar-refractivity contribution in [2.24, 2.45) is 0 Å². The van der Waals surface area contributed by atoms with Crippen molar-refractivity contribution < 1.29 is 14.3 Å². The van der Waals surface area contributed by atoms with E-state index in [4.69, 9.17) is 4.74 Å². The van der Waals surface area contributed by atoms with E-state index in [1.54, 1.807) is 4.90 Å². The summed E-state index contributed by atoms with van der Waals surface area (Å²) >= 11 is -2.92. The van der Waals surface area contributed by atoms with E-state index in [0.29, 0.717) is 0 Å². The first kappa shape index (κ1) is 30.7. The summed E-state index contributed by atoms with van der Waals surface area (Å²) in [6.45, 7) is 24.2. The van der Waals surface area contributed by atoms with Gasteiger partial charge in [0.15, 0.2) is 0 Å². The van der Waals surface area contributed by atoms with E-state index in [1.807, 2.05) is 26.8 Å². The van der Waals surface area contributed by atoms with Gasteiger partial charge in [0, 0.05) is 0 Å². The van der Waals surface area contributed by atoms with E-state index in [9.17, 15) is 9.59 Å². The number of carbonyl (C=O) groups is 2. The second-order valence-electron chi connectivity index (χ2n) is 12.8. The number of carbonyl (C=O) groups excluding carboxylic acids is 2. The van der Waals surface area contributed by atoms with Crippen LogP contribution in [0, 0.1) is 0 Å². The van der Waals surface area contributed by atoms with Gasteiger partial charge in [0.1, 0.15) is 0 Å². The first-order chi connectivity index (χ1) is 15.1. The van der Waals surface area contributed by atoms with Crippen LogP contribution in [0.1, 0.15) is 101 Å². The summed E-state index contributed by atoms with van der Waals surface area (Å²) < 4.78 is 11.2. The maximum absolute atomic E-state index is 13.6. The summed E-state index contributed by atoms with van der Waals surface area (Å²) in [5.41, 5.74) is -0.688. The summed E-state index contributed by atoms with van der Waals surface area (Å²) in [7, 11) is -2.12. The Morgan fingerprint density at radius 3 is 1.70 bits per heavy atom. The number of ether oxygens (including phenoxy) is 1. The second kappa shape index (κ2) is 12.1. The Balaban J connectivity index is 3.72. The molecule has 6 heteroatoms. The Hall–Kier alpha value is -0.304. The quantitative estimate of drug-likeness (QED) is 0.228. The van der Waals surface area contributed by atoms with Gasteiger partial charge in [0.05, 0.1) is 0 Å². The number of hydrogen-bond donors (Lipinski definition) is 0. The van der Waals surface area contributed by atoms with Crippen LogP contribution in [0.15, 0.2) is 9.67 Å². The third kappa shape index (κ3) is 7.59. The van der Waals surface area contributed by atoms with E-state index in [1.165, 1.54) is 55.4 Å². The molecule has 0 N–H and O–H groups in total. The van der Waals surface area contributed by atoms with E-state index >= 15 is 0 Å². The van der Waals surface area contributed by atoms with Crippen LogP contribution in [0.3, 0.4) is 0 Å². The number of unbranched alkanes of at least 4 members (excludes halogenated alkanes) is 3. The average molecular weight is 587 g/mol. The van der Waals surface area contributed by atoms with Crippen LogP contribution in [0.5, 0.6) is 0 Å². The molecule has 0 radical (unpaired) electrons. The molecule has 1 heterocycles. The summed E-state index contributed by atoms with van der Waals surface area (Å²) in [6, 6.07) is 0. The van der Waals surface area contributed by atoms with Crippen molar-refractivity contribution in [2.45, 2.75) is 144 Å². The van der Waals surface area contributed by atoms with Crippen LogP contribution >= 0.6 is 0 Å². The summed E-state index contributed by atoms with van der Waals surface area (Å²) in [5, 5.41) is 0.0551. The van der Waals surface area contributed by atoms with Crippen molar-refractivity contribution in [3.8, 4) is 0 Å². The Morgan fingerprint density at radius 1 is 0.939 bits per heavy atom. The average Bonchev–Trinajstić information content (AvgIpc) is 3.04. The van der Waals surface area contributed by atoms with Gasteiger partial charge in [-0.05, 0) is 0 Å². The number of amides is 2. The second-order valence-corrected chi connectivity index (χ2v) is 31.5. The van der Waals surface area contributed by atoms with Gasteiger partial charge in [0.25, 0.3) is 0 Å². The minimum atomic E-state index is -2.92. The predicted molar refractivity (Wildman–Crippen MR) is 147 cm³/mol. The Morgan fingerprint density at radius 2 is 1.36 bits per heavy atom. The van der Waals surface area contributed by atoms with Gasteiger partial charge in [-0.25, -0.2) is 0 Å². The fraction of sp³-hybridized carbons (Fsp3) is 0.852. The van der Waals surface area contributed by atoms with Crippen molar-refractivity contribution in [3.05, 3.63) is 9.67 Å². The van der Waals surface area contributed by atoms with Crippen LogP contribution in [0.2, 0.25) is 31.4 Å². The Bertz CT molecular complexity index is 681. The van der Waals surface area contributed by atoms with Crippen molar-refractivity contribution >= 4 is 38.5 Å². The molecule has 0 saturated carbocycles. The summed E-state index contributed by atoms with van der Waals surface area (Å²) in [6.07, 6.45) is 8.81. The summed E-state index contributed by atoms with van der Waals surface area (Å²) in [4.78, 5) is 28.6. The Kier molecular flexibility index (Phi) is 11.3. The molecule has 0 unspecified atom stereocenters. The molecule has 0 aromatic carbocycles. The molecule has 0 spiro atoms. The van der Waals surface area contributed by atoms with Gasteiger partial charge < -0.3 is 0 Å². The van der Waals surface area contributed by atoms with Crippen LogP contribution in [-0.4, -0.2) is 54.6 Å². The number of rotatable bonds is 11. The molecule has 0 saturated heterocycles. The van der Waals surface area contributed by atoms with Crippen molar-refractivity contribution in [2.75, 3.05) is 0 Å². The standard InChI is InChI=1S/C15H26NO3Si.3C4H9.Sn/c1-14(2,3)19-13(18)16-11(17)9-10-12(16)20(7,8)15(4,5)6;3*1-3-4-2;/h9,12H,1-8H3;3*1,3-4H2,2H3;/t12-;;;;/m0..../s1. The van der Waals surface area contributed by atoms with Crippen molar-refractivity contribution in [1.29, 1.82) is 0 Å². The zero-order valence-corrected chi connectivity index (χ0v) is 27.5. The zero-order chi connectivity index (χ0) is 25.7. The molecular weight excluding hydrogens is 533 g/mol. The number of imide groups is 1. The minimum absolute atomic E-state index is 0.0551. The molecule has 33 heavy (non-hydrogen) atoms. The molecule has 0 aliphatic carbocycles. The van der Waals surface area contributed by atoms with E-state index in [2.05, 4.69) is 54.6 Å². The molecule has 1 atom stereocenters. The monoisotopic (exact) mass is 587 g/mol. The van der Waals surface area contributed by atoms with Crippen molar-refractivity contribution in [3.63, 3.8) is 0 Å². The van der Waals surface area contributed by atoms with Gasteiger partial charge in [-0.15, -0.1) is 0 Å². The normalized spacial score (nSPS) is 18.0. The molecule has 2 amide bonds. The van der Waals surface area contributed by atoms with Crippen LogP contribution in [0.25, 0.3) is 0 Å². The predicted octanol–water partition coefficient (Wildman–Crippen LogP) is 8.49. The maximum atomic E-state index is 13.6. The van der Waals surface area contributed by atoms with E-state index in [0.717, 1.165) is 0 Å². The molecule has 4 nitrogen and oxygen atoms in total. The number of nitrogens with zero attached hydrogens (tertiary/aromatic N) is 1. The topological polar surface area (TPSA) is 46.6 Å². The molecular formula is C27H53NO3SiSn. The summed E-state index contributed by atoms with van der Waals surface area (Å²) in [5.74, 6) is -0.125. The fourth-order valence-electron chi connectivity index (χ4n) is 4.97. The molecule has 0 aromatic rings. The Labute approximate surface area is 210 Å². The molecule has 0 fully saturated rings. The van der Waals surface area contributed by atoms with Crippen molar-refractivity contribution in [1.82, 2.24) is 4.90 Å².